The average Bonchev–Trinajstić information content (AvgIpc) is 3.41. The highest BCUT2D eigenvalue weighted by Crippen LogP contribution is 2.29. The number of hydrogen-bond donors (Lipinski definition) is 1. The molecule has 0 unspecified atom stereocenters. The number of benzene rings is 1. The Balaban J connectivity index is 1.62. The molecular weight excluding hydrogens is 307 g/mol. The van der Waals surface area contributed by atoms with Gasteiger partial charge < -0.3 is 15.0 Å². The summed E-state index contributed by atoms with van der Waals surface area (Å²) < 4.78 is 19.5. The molecule has 1 saturated carbocycles. The second kappa shape index (κ2) is 8.08. The predicted octanol–water partition coefficient (Wildman–Crippen LogP) is 2.82. The van der Waals surface area contributed by atoms with Gasteiger partial charge in [-0.25, -0.2) is 4.39 Å². The number of nitrogens with zero attached hydrogens (tertiary/aromatic N) is 1. The van der Waals surface area contributed by atoms with Gasteiger partial charge in [-0.05, 0) is 69.3 Å². The van der Waals surface area contributed by atoms with Gasteiger partial charge in [0.05, 0.1) is 6.61 Å². The molecule has 0 spiro atoms. The van der Waals surface area contributed by atoms with Crippen molar-refractivity contribution in [3.05, 3.63) is 35.1 Å². The van der Waals surface area contributed by atoms with Gasteiger partial charge in [0.15, 0.2) is 0 Å². The van der Waals surface area contributed by atoms with E-state index in [1.807, 2.05) is 11.9 Å². The van der Waals surface area contributed by atoms with Crippen LogP contribution in [0, 0.1) is 17.7 Å². The first-order chi connectivity index (χ1) is 11.7. The predicted molar refractivity (Wildman–Crippen MR) is 91.3 cm³/mol. The highest BCUT2D eigenvalue weighted by Gasteiger charge is 2.25. The zero-order valence-electron chi connectivity index (χ0n) is 14.4. The zero-order valence-corrected chi connectivity index (χ0v) is 14.4. The monoisotopic (exact) mass is 334 g/mol. The van der Waals surface area contributed by atoms with Crippen molar-refractivity contribution in [2.45, 2.75) is 32.3 Å². The van der Waals surface area contributed by atoms with E-state index in [4.69, 9.17) is 4.74 Å². The van der Waals surface area contributed by atoms with Gasteiger partial charge in [0, 0.05) is 30.8 Å². The third kappa shape index (κ3) is 4.54. The van der Waals surface area contributed by atoms with Gasteiger partial charge in [0.1, 0.15) is 5.82 Å². The summed E-state index contributed by atoms with van der Waals surface area (Å²) in [5.74, 6) is 0.845. The first-order valence-corrected chi connectivity index (χ1v) is 8.97. The van der Waals surface area contributed by atoms with E-state index >= 15 is 0 Å². The summed E-state index contributed by atoms with van der Waals surface area (Å²) in [6, 6.07) is 4.63. The van der Waals surface area contributed by atoms with E-state index in [2.05, 4.69) is 5.32 Å². The molecule has 1 aromatic carbocycles. The third-order valence-corrected chi connectivity index (χ3v) is 4.90. The minimum Gasteiger partial charge on any atom is -0.376 e. The molecule has 3 rings (SSSR count). The van der Waals surface area contributed by atoms with Crippen molar-refractivity contribution in [3.63, 3.8) is 0 Å². The Hall–Kier alpha value is -1.46. The summed E-state index contributed by atoms with van der Waals surface area (Å²) >= 11 is 0. The van der Waals surface area contributed by atoms with Gasteiger partial charge in [-0.3, -0.25) is 4.79 Å². The van der Waals surface area contributed by atoms with E-state index in [0.717, 1.165) is 32.5 Å². The number of piperidine rings is 1. The maximum Gasteiger partial charge on any atom is 0.253 e. The van der Waals surface area contributed by atoms with Crippen LogP contribution in [0.2, 0.25) is 0 Å². The number of rotatable bonds is 7. The van der Waals surface area contributed by atoms with Crippen LogP contribution >= 0.6 is 0 Å². The van der Waals surface area contributed by atoms with Gasteiger partial charge in [-0.2, -0.15) is 0 Å². The van der Waals surface area contributed by atoms with Crippen LogP contribution in [0.5, 0.6) is 0 Å². The van der Waals surface area contributed by atoms with E-state index in [9.17, 15) is 9.18 Å². The largest absolute Gasteiger partial charge is 0.376 e. The Morgan fingerprint density at radius 3 is 2.92 bits per heavy atom. The number of carbonyl (C=O) groups excluding carboxylic acids is 1. The van der Waals surface area contributed by atoms with Crippen molar-refractivity contribution in [1.29, 1.82) is 0 Å². The molecule has 1 aliphatic carbocycles. The van der Waals surface area contributed by atoms with Gasteiger partial charge in [-0.1, -0.05) is 0 Å². The Kier molecular flexibility index (Phi) is 5.85. The van der Waals surface area contributed by atoms with Crippen molar-refractivity contribution < 1.29 is 13.9 Å². The van der Waals surface area contributed by atoms with Gasteiger partial charge >= 0.3 is 0 Å². The Bertz CT molecular complexity index is 572. The number of amides is 1. The van der Waals surface area contributed by atoms with E-state index in [1.165, 1.54) is 18.9 Å². The van der Waals surface area contributed by atoms with Crippen molar-refractivity contribution in [2.75, 3.05) is 33.3 Å². The first kappa shape index (κ1) is 17.4. The number of hydrogen-bond acceptors (Lipinski definition) is 3. The maximum absolute atomic E-state index is 14.0. The number of ether oxygens (including phenoxy) is 1. The Labute approximate surface area is 143 Å². The smallest absolute Gasteiger partial charge is 0.253 e. The standard InChI is InChI=1S/C19H27FN2O2/c1-21-10-15-3-2-8-22(11-15)19(23)16-6-7-18(20)17(9-16)13-24-12-14-4-5-14/h6-7,9,14-15,21H,2-5,8,10-13H2,1H3/t15-/m0/s1. The normalized spacial score (nSPS) is 21.1. The molecule has 2 fully saturated rings. The summed E-state index contributed by atoms with van der Waals surface area (Å²) in [5, 5.41) is 3.19. The molecule has 0 bridgehead atoms. The molecule has 132 valence electrons. The molecule has 1 aromatic rings. The molecule has 2 aliphatic rings. The minimum atomic E-state index is -0.297. The molecule has 0 radical (unpaired) electrons. The highest BCUT2D eigenvalue weighted by molar-refractivity contribution is 5.94. The summed E-state index contributed by atoms with van der Waals surface area (Å²) in [6.07, 6.45) is 4.60. The lowest BCUT2D eigenvalue weighted by Crippen LogP contribution is -2.42. The first-order valence-electron chi connectivity index (χ1n) is 8.97. The molecule has 4 nitrogen and oxygen atoms in total. The van der Waals surface area contributed by atoms with Crippen molar-refractivity contribution in [2.24, 2.45) is 11.8 Å². The Morgan fingerprint density at radius 1 is 1.33 bits per heavy atom. The molecule has 1 N–H and O–H groups in total. The van der Waals surface area contributed by atoms with Gasteiger partial charge in [0.25, 0.3) is 5.91 Å². The molecule has 0 aromatic heterocycles. The summed E-state index contributed by atoms with van der Waals surface area (Å²) in [5.41, 5.74) is 1.04. The average molecular weight is 334 g/mol. The molecule has 1 heterocycles. The second-order valence-corrected chi connectivity index (χ2v) is 7.08. The van der Waals surface area contributed by atoms with Crippen molar-refractivity contribution in [1.82, 2.24) is 10.2 Å². The fourth-order valence-corrected chi connectivity index (χ4v) is 3.33. The number of halogens is 1. The van der Waals surface area contributed by atoms with Crippen LogP contribution in [-0.2, 0) is 11.3 Å². The van der Waals surface area contributed by atoms with Crippen molar-refractivity contribution >= 4 is 5.91 Å². The van der Waals surface area contributed by atoms with Crippen LogP contribution in [0.25, 0.3) is 0 Å². The zero-order chi connectivity index (χ0) is 16.9. The SMILES string of the molecule is CNC[C@@H]1CCCN(C(=O)c2ccc(F)c(COCC3CC3)c2)C1. The van der Waals surface area contributed by atoms with Crippen molar-refractivity contribution in [3.8, 4) is 0 Å². The van der Waals surface area contributed by atoms with Crippen LogP contribution in [0.3, 0.4) is 0 Å². The maximum atomic E-state index is 14.0. The molecular formula is C19H27FN2O2. The van der Waals surface area contributed by atoms with Crippen LogP contribution < -0.4 is 5.32 Å². The van der Waals surface area contributed by atoms with Gasteiger partial charge in [0.2, 0.25) is 0 Å². The molecule has 1 amide bonds. The fraction of sp³-hybridized carbons (Fsp3) is 0.632. The number of carbonyl (C=O) groups is 1. The van der Waals surface area contributed by atoms with E-state index in [-0.39, 0.29) is 18.3 Å². The topological polar surface area (TPSA) is 41.6 Å². The molecule has 5 heteroatoms. The fourth-order valence-electron chi connectivity index (χ4n) is 3.33. The quantitative estimate of drug-likeness (QED) is 0.834. The highest BCUT2D eigenvalue weighted by atomic mass is 19.1. The van der Waals surface area contributed by atoms with Crippen LogP contribution in [0.15, 0.2) is 18.2 Å². The van der Waals surface area contributed by atoms with Crippen LogP contribution in [-0.4, -0.2) is 44.1 Å². The summed E-state index contributed by atoms with van der Waals surface area (Å²) in [6.45, 7) is 3.41. The van der Waals surface area contributed by atoms with Gasteiger partial charge in [-0.15, -0.1) is 0 Å². The summed E-state index contributed by atoms with van der Waals surface area (Å²) in [7, 11) is 1.94. The third-order valence-electron chi connectivity index (χ3n) is 4.90. The van der Waals surface area contributed by atoms with Crippen LogP contribution in [0.1, 0.15) is 41.6 Å². The lowest BCUT2D eigenvalue weighted by molar-refractivity contribution is 0.0673. The van der Waals surface area contributed by atoms with E-state index in [0.29, 0.717) is 29.6 Å². The summed E-state index contributed by atoms with van der Waals surface area (Å²) in [4.78, 5) is 14.6. The molecule has 24 heavy (non-hydrogen) atoms. The van der Waals surface area contributed by atoms with E-state index < -0.39 is 0 Å². The van der Waals surface area contributed by atoms with E-state index in [1.54, 1.807) is 12.1 Å². The van der Waals surface area contributed by atoms with Crippen LogP contribution in [0.4, 0.5) is 4.39 Å². The molecule has 1 aliphatic heterocycles. The number of nitrogens with one attached hydrogen (secondary N) is 1. The lowest BCUT2D eigenvalue weighted by atomic mass is 9.97. The molecule has 1 saturated heterocycles. The lowest BCUT2D eigenvalue weighted by Gasteiger charge is -2.32. The molecule has 1 atom stereocenters. The number of likely N-dealkylation sites (tertiary alicyclic amines) is 1. The Morgan fingerprint density at radius 2 is 2.17 bits per heavy atom. The minimum absolute atomic E-state index is 0.000698. The second-order valence-electron chi connectivity index (χ2n) is 7.08.